The van der Waals surface area contributed by atoms with E-state index in [1.807, 2.05) is 11.8 Å². The minimum absolute atomic E-state index is 0.0737. The van der Waals surface area contributed by atoms with Gasteiger partial charge in [-0.2, -0.15) is 0 Å². The first-order valence-electron chi connectivity index (χ1n) is 5.56. The van der Waals surface area contributed by atoms with Crippen LogP contribution in [0.3, 0.4) is 0 Å². The second kappa shape index (κ2) is 4.65. The van der Waals surface area contributed by atoms with Crippen LogP contribution in [0.2, 0.25) is 0 Å². The molecule has 1 aliphatic rings. The Labute approximate surface area is 94.8 Å². The maximum absolute atomic E-state index is 11.6. The lowest BCUT2D eigenvalue weighted by Crippen LogP contribution is -2.39. The second-order valence-electron chi connectivity index (χ2n) is 4.16. The Bertz CT molecular complexity index is 369. The van der Waals surface area contributed by atoms with Crippen LogP contribution >= 0.6 is 0 Å². The zero-order chi connectivity index (χ0) is 11.5. The van der Waals surface area contributed by atoms with Gasteiger partial charge in [-0.05, 0) is 19.9 Å². The van der Waals surface area contributed by atoms with Crippen molar-refractivity contribution in [2.45, 2.75) is 32.9 Å². The molecule has 0 aromatic carbocycles. The Morgan fingerprint density at radius 2 is 2.56 bits per heavy atom. The molecule has 1 fully saturated rings. The van der Waals surface area contributed by atoms with E-state index in [1.54, 1.807) is 13.1 Å². The predicted molar refractivity (Wildman–Crippen MR) is 58.7 cm³/mol. The number of aromatic nitrogens is 1. The maximum atomic E-state index is 11.6. The van der Waals surface area contributed by atoms with Crippen molar-refractivity contribution < 1.29 is 9.21 Å². The minimum Gasteiger partial charge on any atom is -0.444 e. The Morgan fingerprint density at radius 1 is 1.75 bits per heavy atom. The molecule has 1 aromatic rings. The fourth-order valence-corrected chi connectivity index (χ4v) is 2.02. The molecule has 1 atom stereocenters. The molecular formula is C11H17N3O2. The molecule has 0 saturated carbocycles. The van der Waals surface area contributed by atoms with Gasteiger partial charge in [0, 0.05) is 19.5 Å². The van der Waals surface area contributed by atoms with Crippen LogP contribution < -0.4 is 5.32 Å². The fourth-order valence-electron chi connectivity index (χ4n) is 2.02. The van der Waals surface area contributed by atoms with Crippen LogP contribution in [-0.2, 0) is 11.3 Å². The molecule has 2 heterocycles. The highest BCUT2D eigenvalue weighted by molar-refractivity contribution is 5.73. The van der Waals surface area contributed by atoms with Crippen LogP contribution in [0.25, 0.3) is 0 Å². The molecule has 0 aliphatic carbocycles. The largest absolute Gasteiger partial charge is 0.444 e. The number of oxazole rings is 1. The SMILES string of the molecule is CC(=O)N(Cc1ncc(C)o1)[C@H]1CCNC1. The summed E-state index contributed by atoms with van der Waals surface area (Å²) >= 11 is 0. The maximum Gasteiger partial charge on any atom is 0.220 e. The van der Waals surface area contributed by atoms with E-state index >= 15 is 0 Å². The van der Waals surface area contributed by atoms with Crippen molar-refractivity contribution in [1.29, 1.82) is 0 Å². The lowest BCUT2D eigenvalue weighted by molar-refractivity contribution is -0.131. The predicted octanol–water partition coefficient (Wildman–Crippen LogP) is 0.693. The number of carbonyl (C=O) groups excluding carboxylic acids is 1. The summed E-state index contributed by atoms with van der Waals surface area (Å²) in [4.78, 5) is 17.5. The molecule has 1 amide bonds. The summed E-state index contributed by atoms with van der Waals surface area (Å²) in [6.07, 6.45) is 2.68. The molecule has 0 unspecified atom stereocenters. The lowest BCUT2D eigenvalue weighted by Gasteiger charge is -2.25. The molecule has 0 bridgehead atoms. The van der Waals surface area contributed by atoms with E-state index in [2.05, 4.69) is 10.3 Å². The molecule has 1 aromatic heterocycles. The quantitative estimate of drug-likeness (QED) is 0.819. The van der Waals surface area contributed by atoms with Crippen molar-refractivity contribution in [3.8, 4) is 0 Å². The lowest BCUT2D eigenvalue weighted by atomic mass is 10.2. The number of hydrogen-bond donors (Lipinski definition) is 1. The van der Waals surface area contributed by atoms with Gasteiger partial charge in [0.25, 0.3) is 0 Å². The van der Waals surface area contributed by atoms with E-state index in [1.165, 1.54) is 0 Å². The number of rotatable bonds is 3. The van der Waals surface area contributed by atoms with Gasteiger partial charge in [-0.15, -0.1) is 0 Å². The third-order valence-electron chi connectivity index (χ3n) is 2.85. The summed E-state index contributed by atoms with van der Waals surface area (Å²) in [7, 11) is 0. The van der Waals surface area contributed by atoms with Crippen molar-refractivity contribution in [2.75, 3.05) is 13.1 Å². The van der Waals surface area contributed by atoms with Gasteiger partial charge in [0.05, 0.1) is 12.7 Å². The molecular weight excluding hydrogens is 206 g/mol. The topological polar surface area (TPSA) is 58.4 Å². The van der Waals surface area contributed by atoms with Gasteiger partial charge < -0.3 is 14.6 Å². The van der Waals surface area contributed by atoms with Crippen LogP contribution in [0.4, 0.5) is 0 Å². The number of nitrogens with zero attached hydrogens (tertiary/aromatic N) is 2. The third kappa shape index (κ3) is 2.41. The summed E-state index contributed by atoms with van der Waals surface area (Å²) in [5.74, 6) is 1.47. The van der Waals surface area contributed by atoms with Crippen molar-refractivity contribution in [1.82, 2.24) is 15.2 Å². The van der Waals surface area contributed by atoms with Crippen molar-refractivity contribution in [3.05, 3.63) is 17.8 Å². The van der Waals surface area contributed by atoms with E-state index in [9.17, 15) is 4.79 Å². The molecule has 2 rings (SSSR count). The monoisotopic (exact) mass is 223 g/mol. The van der Waals surface area contributed by atoms with Crippen LogP contribution in [0.1, 0.15) is 25.0 Å². The highest BCUT2D eigenvalue weighted by atomic mass is 16.4. The summed E-state index contributed by atoms with van der Waals surface area (Å²) < 4.78 is 5.40. The second-order valence-corrected chi connectivity index (χ2v) is 4.16. The third-order valence-corrected chi connectivity index (χ3v) is 2.85. The summed E-state index contributed by atoms with van der Waals surface area (Å²) in [6.45, 7) is 5.74. The standard InChI is InChI=1S/C11H17N3O2/c1-8-5-13-11(16-8)7-14(9(2)15)10-3-4-12-6-10/h5,10,12H,3-4,6-7H2,1-2H3/t10-/m0/s1. The zero-order valence-electron chi connectivity index (χ0n) is 9.69. The number of carbonyl (C=O) groups is 1. The first-order chi connectivity index (χ1) is 7.66. The molecule has 0 radical (unpaired) electrons. The molecule has 0 spiro atoms. The van der Waals surface area contributed by atoms with Gasteiger partial charge in [-0.25, -0.2) is 4.98 Å². The Balaban J connectivity index is 2.05. The van der Waals surface area contributed by atoms with Gasteiger partial charge in [-0.3, -0.25) is 4.79 Å². The van der Waals surface area contributed by atoms with E-state index in [0.717, 1.165) is 25.3 Å². The van der Waals surface area contributed by atoms with Gasteiger partial charge in [0.1, 0.15) is 5.76 Å². The van der Waals surface area contributed by atoms with E-state index in [-0.39, 0.29) is 11.9 Å². The van der Waals surface area contributed by atoms with Crippen LogP contribution in [0, 0.1) is 6.92 Å². The van der Waals surface area contributed by atoms with Crippen LogP contribution in [0.5, 0.6) is 0 Å². The number of aryl methyl sites for hydroxylation is 1. The number of amides is 1. The van der Waals surface area contributed by atoms with Gasteiger partial charge in [0.15, 0.2) is 0 Å². The zero-order valence-corrected chi connectivity index (χ0v) is 9.69. The highest BCUT2D eigenvalue weighted by Crippen LogP contribution is 2.13. The van der Waals surface area contributed by atoms with Crippen molar-refractivity contribution >= 4 is 5.91 Å². The molecule has 1 N–H and O–H groups in total. The smallest absolute Gasteiger partial charge is 0.220 e. The first kappa shape index (κ1) is 11.1. The van der Waals surface area contributed by atoms with Gasteiger partial charge in [-0.1, -0.05) is 0 Å². The number of hydrogen-bond acceptors (Lipinski definition) is 4. The first-order valence-corrected chi connectivity index (χ1v) is 5.56. The van der Waals surface area contributed by atoms with Crippen LogP contribution in [0.15, 0.2) is 10.6 Å². The van der Waals surface area contributed by atoms with E-state index in [4.69, 9.17) is 4.42 Å². The minimum atomic E-state index is 0.0737. The van der Waals surface area contributed by atoms with Gasteiger partial charge >= 0.3 is 0 Å². The van der Waals surface area contributed by atoms with Crippen molar-refractivity contribution in [3.63, 3.8) is 0 Å². The Morgan fingerprint density at radius 3 is 3.06 bits per heavy atom. The molecule has 88 valence electrons. The molecule has 5 heteroatoms. The Hall–Kier alpha value is -1.36. The average molecular weight is 223 g/mol. The molecule has 1 aliphatic heterocycles. The summed E-state index contributed by atoms with van der Waals surface area (Å²) in [5, 5.41) is 3.25. The normalized spacial score (nSPS) is 20.0. The molecule has 16 heavy (non-hydrogen) atoms. The number of nitrogens with one attached hydrogen (secondary N) is 1. The summed E-state index contributed by atoms with van der Waals surface area (Å²) in [6, 6.07) is 0.268. The van der Waals surface area contributed by atoms with Crippen molar-refractivity contribution in [2.24, 2.45) is 0 Å². The Kier molecular flexibility index (Phi) is 3.24. The van der Waals surface area contributed by atoms with Crippen LogP contribution in [-0.4, -0.2) is 34.9 Å². The molecule has 1 saturated heterocycles. The fraction of sp³-hybridized carbons (Fsp3) is 0.636. The average Bonchev–Trinajstić information content (AvgIpc) is 2.84. The van der Waals surface area contributed by atoms with E-state index < -0.39 is 0 Å². The highest BCUT2D eigenvalue weighted by Gasteiger charge is 2.25. The van der Waals surface area contributed by atoms with Gasteiger partial charge in [0.2, 0.25) is 11.8 Å². The molecule has 5 nitrogen and oxygen atoms in total. The van der Waals surface area contributed by atoms with E-state index in [0.29, 0.717) is 12.4 Å². The summed E-state index contributed by atoms with van der Waals surface area (Å²) in [5.41, 5.74) is 0.